The van der Waals surface area contributed by atoms with E-state index in [0.29, 0.717) is 5.56 Å². The average Bonchev–Trinajstić information content (AvgIpc) is 2.79. The molecule has 1 aromatic rings. The summed E-state index contributed by atoms with van der Waals surface area (Å²) in [5.74, 6) is 0. The summed E-state index contributed by atoms with van der Waals surface area (Å²) in [5.41, 5.74) is -0.718. The average molecular weight is 305 g/mol. The van der Waals surface area contributed by atoms with E-state index >= 15 is 0 Å². The van der Waals surface area contributed by atoms with Crippen molar-refractivity contribution in [1.29, 1.82) is 0 Å². The maximum atomic E-state index is 11.7. The van der Waals surface area contributed by atoms with Gasteiger partial charge in [-0.15, -0.1) is 0 Å². The molecule has 2 heterocycles. The minimum Gasteiger partial charge on any atom is -0.658 e. The summed E-state index contributed by atoms with van der Waals surface area (Å²) < 4.78 is 11.5. The summed E-state index contributed by atoms with van der Waals surface area (Å²) in [6.45, 7) is 1.65. The molecular weight excluding hydrogens is 291 g/mol. The maximum Gasteiger partial charge on any atom is 0.330 e. The lowest BCUT2D eigenvalue weighted by atomic mass is 10.3. The van der Waals surface area contributed by atoms with Gasteiger partial charge in [0.1, 0.15) is 6.23 Å². The number of ether oxygens (including phenoxy) is 2. The van der Waals surface area contributed by atoms with Crippen molar-refractivity contribution >= 4 is 7.94 Å². The molecule has 0 bridgehead atoms. The normalized spacial score (nSPS) is 23.2. The Balaban J connectivity index is 2.05. The van der Waals surface area contributed by atoms with E-state index in [0.717, 1.165) is 0 Å². The second-order valence-corrected chi connectivity index (χ2v) is 6.09. The van der Waals surface area contributed by atoms with Gasteiger partial charge in [-0.25, -0.2) is 4.79 Å². The molecule has 10 heteroatoms. The number of aromatic amines is 1. The van der Waals surface area contributed by atoms with E-state index in [2.05, 4.69) is 4.98 Å². The first-order chi connectivity index (χ1) is 9.26. The van der Waals surface area contributed by atoms with E-state index in [9.17, 15) is 19.4 Å². The molecule has 0 unspecified atom stereocenters. The first-order valence-electron chi connectivity index (χ1n) is 5.84. The van der Waals surface area contributed by atoms with Gasteiger partial charge in [-0.05, 0) is 6.92 Å². The smallest absolute Gasteiger partial charge is 0.330 e. The molecule has 0 saturated carbocycles. The highest BCUT2D eigenvalue weighted by molar-refractivity contribution is 7.55. The van der Waals surface area contributed by atoms with Crippen molar-refractivity contribution in [1.82, 2.24) is 9.55 Å². The van der Waals surface area contributed by atoms with Crippen molar-refractivity contribution in [3.05, 3.63) is 32.6 Å². The van der Waals surface area contributed by atoms with Gasteiger partial charge in [-0.1, -0.05) is 0 Å². The lowest BCUT2D eigenvalue weighted by Crippen LogP contribution is -2.33. The van der Waals surface area contributed by atoms with Crippen LogP contribution in [-0.2, 0) is 9.47 Å². The number of rotatable bonds is 4. The van der Waals surface area contributed by atoms with Crippen molar-refractivity contribution < 1.29 is 24.2 Å². The summed E-state index contributed by atoms with van der Waals surface area (Å²) in [7, 11) is -4.48. The van der Waals surface area contributed by atoms with E-state index in [1.54, 1.807) is 6.92 Å². The largest absolute Gasteiger partial charge is 0.658 e. The zero-order valence-electron chi connectivity index (χ0n) is 10.6. The first-order valence-corrected chi connectivity index (χ1v) is 7.60. The molecule has 9 nitrogen and oxygen atoms in total. The van der Waals surface area contributed by atoms with Crippen molar-refractivity contribution in [2.24, 2.45) is 0 Å². The monoisotopic (exact) mass is 305 g/mol. The van der Waals surface area contributed by atoms with Crippen molar-refractivity contribution in [3.63, 3.8) is 0 Å². The van der Waals surface area contributed by atoms with E-state index in [4.69, 9.17) is 14.4 Å². The molecule has 0 amide bonds. The molecule has 1 saturated heterocycles. The predicted octanol–water partition coefficient (Wildman–Crippen LogP) is -2.42. The third-order valence-electron chi connectivity index (χ3n) is 2.87. The second kappa shape index (κ2) is 5.72. The van der Waals surface area contributed by atoms with E-state index in [1.165, 1.54) is 10.8 Å². The quantitative estimate of drug-likeness (QED) is 0.590. The minimum atomic E-state index is -4.48. The molecule has 0 aromatic carbocycles. The number of hydrogen-bond donors (Lipinski definition) is 2. The molecule has 1 fully saturated rings. The standard InChI is InChI=1S/C10H15N2O7P/c1-6-3-12(10(14)11-9(6)13)8-2-7(4-18-8)19-5-20(15,16)17/h3,7-8H,2,4-5H2,1H3,(H,11,13,14)(H2,15,16,17)/p-1/t7-,8-/m1/s1. The van der Waals surface area contributed by atoms with Crippen LogP contribution in [0.1, 0.15) is 18.2 Å². The maximum absolute atomic E-state index is 11.7. The predicted molar refractivity (Wildman–Crippen MR) is 64.5 cm³/mol. The topological polar surface area (TPSA) is 140 Å². The number of nitrogens with zero attached hydrogens (tertiary/aromatic N) is 1. The SMILES string of the molecule is Cc1cn([C@H]2C[C@@H](OC[P+]([O-])([O-])O)CO2)c(=O)[nH]c1=O. The summed E-state index contributed by atoms with van der Waals surface area (Å²) in [4.78, 5) is 54.9. The van der Waals surface area contributed by atoms with Gasteiger partial charge in [0.25, 0.3) is 5.56 Å². The molecule has 1 aliphatic heterocycles. The fourth-order valence-corrected chi connectivity index (χ4v) is 2.29. The summed E-state index contributed by atoms with van der Waals surface area (Å²) in [6.07, 6.45) is -0.376. The fraction of sp³-hybridized carbons (Fsp3) is 0.600. The molecule has 20 heavy (non-hydrogen) atoms. The Bertz CT molecular complexity index is 590. The molecular formula is C10H14N2O7P-. The minimum absolute atomic E-state index is 0.0925. The molecule has 1 aromatic heterocycles. The molecule has 1 aliphatic rings. The van der Waals surface area contributed by atoms with Crippen LogP contribution in [0.3, 0.4) is 0 Å². The van der Waals surface area contributed by atoms with Gasteiger partial charge < -0.3 is 19.3 Å². The van der Waals surface area contributed by atoms with Gasteiger partial charge in [0, 0.05) is 18.2 Å². The van der Waals surface area contributed by atoms with Crippen LogP contribution in [0.5, 0.6) is 0 Å². The van der Waals surface area contributed by atoms with E-state index in [-0.39, 0.29) is 13.0 Å². The van der Waals surface area contributed by atoms with Gasteiger partial charge in [-0.2, -0.15) is 0 Å². The van der Waals surface area contributed by atoms with Gasteiger partial charge in [0.05, 0.1) is 20.7 Å². The fourth-order valence-electron chi connectivity index (χ4n) is 1.89. The number of nitrogens with one attached hydrogen (secondary N) is 1. The van der Waals surface area contributed by atoms with Gasteiger partial charge >= 0.3 is 5.69 Å². The van der Waals surface area contributed by atoms with E-state index in [1.807, 2.05) is 0 Å². The van der Waals surface area contributed by atoms with Gasteiger partial charge in [0.2, 0.25) is 0 Å². The highest BCUT2D eigenvalue weighted by atomic mass is 31.2. The molecule has 0 aliphatic carbocycles. The third-order valence-corrected chi connectivity index (χ3v) is 3.34. The summed E-state index contributed by atoms with van der Waals surface area (Å²) >= 11 is 0. The van der Waals surface area contributed by atoms with Crippen molar-refractivity contribution in [3.8, 4) is 0 Å². The van der Waals surface area contributed by atoms with Gasteiger partial charge in [-0.3, -0.25) is 19.2 Å². The zero-order valence-corrected chi connectivity index (χ0v) is 11.5. The Kier molecular flexibility index (Phi) is 4.38. The molecule has 0 spiro atoms. The van der Waals surface area contributed by atoms with Crippen molar-refractivity contribution in [2.75, 3.05) is 13.0 Å². The molecule has 2 rings (SSSR count). The lowest BCUT2D eigenvalue weighted by Gasteiger charge is -2.28. The second-order valence-electron chi connectivity index (χ2n) is 4.56. The number of H-pyrrole nitrogens is 1. The van der Waals surface area contributed by atoms with Crippen LogP contribution in [0.4, 0.5) is 0 Å². The molecule has 2 N–H and O–H groups in total. The highest BCUT2D eigenvalue weighted by Crippen LogP contribution is 2.35. The lowest BCUT2D eigenvalue weighted by molar-refractivity contribution is -0.337. The molecule has 0 radical (unpaired) electrons. The van der Waals surface area contributed by atoms with Crippen molar-refractivity contribution in [2.45, 2.75) is 25.7 Å². The number of aromatic nitrogens is 2. The van der Waals surface area contributed by atoms with E-state index < -0.39 is 37.9 Å². The Morgan fingerprint density at radius 3 is 2.95 bits per heavy atom. The van der Waals surface area contributed by atoms with Crippen LogP contribution in [0, 0.1) is 6.92 Å². The van der Waals surface area contributed by atoms with Crippen LogP contribution in [0.2, 0.25) is 0 Å². The summed E-state index contributed by atoms with van der Waals surface area (Å²) in [6, 6.07) is 0. The molecule has 2 atom stereocenters. The Morgan fingerprint density at radius 2 is 2.30 bits per heavy atom. The highest BCUT2D eigenvalue weighted by Gasteiger charge is 2.29. The van der Waals surface area contributed by atoms with Crippen LogP contribution >= 0.6 is 7.94 Å². The third kappa shape index (κ3) is 3.72. The summed E-state index contributed by atoms with van der Waals surface area (Å²) in [5, 5.41) is 0. The van der Waals surface area contributed by atoms with Crippen LogP contribution in [0.15, 0.2) is 15.8 Å². The Morgan fingerprint density at radius 1 is 1.60 bits per heavy atom. The molecule has 112 valence electrons. The van der Waals surface area contributed by atoms with Crippen LogP contribution < -0.4 is 21.0 Å². The first kappa shape index (κ1) is 15.3. The van der Waals surface area contributed by atoms with Gasteiger partial charge in [0.15, 0.2) is 6.35 Å². The van der Waals surface area contributed by atoms with Crippen LogP contribution in [0.25, 0.3) is 0 Å². The zero-order chi connectivity index (χ0) is 14.9. The number of hydrogen-bond acceptors (Lipinski definition) is 7. The Labute approximate surface area is 114 Å². The van der Waals surface area contributed by atoms with Crippen LogP contribution in [-0.4, -0.2) is 33.5 Å². The number of aryl methyl sites for hydroxylation is 1. The Hall–Kier alpha value is -1.09.